The van der Waals surface area contributed by atoms with Gasteiger partial charge in [0.05, 0.1) is 12.7 Å². The van der Waals surface area contributed by atoms with Gasteiger partial charge in [-0.1, -0.05) is 25.1 Å². The van der Waals surface area contributed by atoms with Gasteiger partial charge in [0.25, 0.3) is 0 Å². The fraction of sp³-hybridized carbons (Fsp3) is 0.571. The van der Waals surface area contributed by atoms with Gasteiger partial charge < -0.3 is 14.6 Å². The molecule has 0 saturated heterocycles. The first-order valence-electron chi connectivity index (χ1n) is 6.28. The molecular formula is C14H20O3. The van der Waals surface area contributed by atoms with E-state index in [-0.39, 0.29) is 6.79 Å². The first-order valence-corrected chi connectivity index (χ1v) is 6.28. The molecule has 0 spiro atoms. The van der Waals surface area contributed by atoms with Gasteiger partial charge in [0.2, 0.25) is 0 Å². The Kier molecular flexibility index (Phi) is 4.40. The van der Waals surface area contributed by atoms with E-state index in [2.05, 4.69) is 0 Å². The molecule has 1 saturated carbocycles. The molecule has 0 heterocycles. The van der Waals surface area contributed by atoms with Gasteiger partial charge in [-0.3, -0.25) is 0 Å². The third-order valence-corrected chi connectivity index (χ3v) is 3.01. The minimum atomic E-state index is -0.463. The van der Waals surface area contributed by atoms with Gasteiger partial charge >= 0.3 is 0 Å². The van der Waals surface area contributed by atoms with Crippen LogP contribution in [0.5, 0.6) is 5.75 Å². The highest BCUT2D eigenvalue weighted by Crippen LogP contribution is 2.29. The molecule has 1 atom stereocenters. The number of para-hydroxylation sites is 1. The molecule has 0 unspecified atom stereocenters. The summed E-state index contributed by atoms with van der Waals surface area (Å²) in [5, 5.41) is 9.84. The van der Waals surface area contributed by atoms with Crippen molar-refractivity contribution >= 4 is 0 Å². The maximum absolute atomic E-state index is 9.84. The summed E-state index contributed by atoms with van der Waals surface area (Å²) >= 11 is 0. The Morgan fingerprint density at radius 2 is 2.12 bits per heavy atom. The third-order valence-electron chi connectivity index (χ3n) is 3.01. The maximum Gasteiger partial charge on any atom is 0.189 e. The molecule has 1 aliphatic carbocycles. The molecule has 0 aromatic heterocycles. The second-order valence-corrected chi connectivity index (χ2v) is 4.54. The van der Waals surface area contributed by atoms with Crippen molar-refractivity contribution in [3.63, 3.8) is 0 Å². The van der Waals surface area contributed by atoms with Crippen LogP contribution >= 0.6 is 0 Å². The lowest BCUT2D eigenvalue weighted by molar-refractivity contribution is 0.00804. The van der Waals surface area contributed by atoms with Crippen LogP contribution in [0.25, 0.3) is 0 Å². The van der Waals surface area contributed by atoms with E-state index in [1.54, 1.807) is 0 Å². The molecule has 3 nitrogen and oxygen atoms in total. The molecular weight excluding hydrogens is 216 g/mol. The van der Waals surface area contributed by atoms with Crippen LogP contribution in [0.15, 0.2) is 24.3 Å². The number of hydrogen-bond donors (Lipinski definition) is 1. The quantitative estimate of drug-likeness (QED) is 0.584. The van der Waals surface area contributed by atoms with Crippen LogP contribution in [0.2, 0.25) is 0 Å². The van der Waals surface area contributed by atoms with E-state index in [4.69, 9.17) is 9.47 Å². The average molecular weight is 236 g/mol. The number of ether oxygens (including phenoxy) is 2. The smallest absolute Gasteiger partial charge is 0.189 e. The number of benzene rings is 1. The zero-order chi connectivity index (χ0) is 12.1. The maximum atomic E-state index is 9.84. The standard InChI is InChI=1S/C14H20O3/c1-2-13(15)12-5-3-4-6-14(12)17-10-16-9-11-7-8-11/h3-6,11,13,15H,2,7-10H2,1H3/t13-/m1/s1. The highest BCUT2D eigenvalue weighted by Gasteiger charge is 2.21. The van der Waals surface area contributed by atoms with Gasteiger partial charge in [0.1, 0.15) is 5.75 Å². The minimum Gasteiger partial charge on any atom is -0.467 e. The van der Waals surface area contributed by atoms with Crippen molar-refractivity contribution in [2.75, 3.05) is 13.4 Å². The first kappa shape index (κ1) is 12.4. The molecule has 0 radical (unpaired) electrons. The zero-order valence-corrected chi connectivity index (χ0v) is 10.3. The highest BCUT2D eigenvalue weighted by molar-refractivity contribution is 5.34. The lowest BCUT2D eigenvalue weighted by atomic mass is 10.1. The Balaban J connectivity index is 1.84. The lowest BCUT2D eigenvalue weighted by Gasteiger charge is -2.14. The molecule has 1 aromatic rings. The van der Waals surface area contributed by atoms with Gasteiger partial charge in [0, 0.05) is 5.56 Å². The predicted octanol–water partition coefficient (Wildman–Crippen LogP) is 2.89. The van der Waals surface area contributed by atoms with E-state index in [1.807, 2.05) is 31.2 Å². The fourth-order valence-electron chi connectivity index (χ4n) is 1.71. The molecule has 1 N–H and O–H groups in total. The van der Waals surface area contributed by atoms with E-state index in [1.165, 1.54) is 12.8 Å². The van der Waals surface area contributed by atoms with E-state index in [0.29, 0.717) is 6.42 Å². The fourth-order valence-corrected chi connectivity index (χ4v) is 1.71. The average Bonchev–Trinajstić information content (AvgIpc) is 3.18. The molecule has 1 aromatic carbocycles. The van der Waals surface area contributed by atoms with Crippen LogP contribution in [0, 0.1) is 5.92 Å². The summed E-state index contributed by atoms with van der Waals surface area (Å²) in [4.78, 5) is 0. The van der Waals surface area contributed by atoms with Gasteiger partial charge in [0.15, 0.2) is 6.79 Å². The van der Waals surface area contributed by atoms with Crippen LogP contribution in [0.4, 0.5) is 0 Å². The van der Waals surface area contributed by atoms with E-state index in [9.17, 15) is 5.11 Å². The number of rotatable bonds is 7. The molecule has 1 aliphatic rings. The molecule has 0 bridgehead atoms. The molecule has 17 heavy (non-hydrogen) atoms. The second kappa shape index (κ2) is 6.03. The lowest BCUT2D eigenvalue weighted by Crippen LogP contribution is -2.07. The molecule has 0 aliphatic heterocycles. The highest BCUT2D eigenvalue weighted by atomic mass is 16.7. The van der Waals surface area contributed by atoms with Crippen molar-refractivity contribution in [3.8, 4) is 5.75 Å². The number of hydrogen-bond acceptors (Lipinski definition) is 3. The summed E-state index contributed by atoms with van der Waals surface area (Å²) in [6.45, 7) is 3.01. The topological polar surface area (TPSA) is 38.7 Å². The van der Waals surface area contributed by atoms with Crippen molar-refractivity contribution in [1.29, 1.82) is 0 Å². The Morgan fingerprint density at radius 1 is 1.35 bits per heavy atom. The predicted molar refractivity (Wildman–Crippen MR) is 65.9 cm³/mol. The van der Waals surface area contributed by atoms with Crippen LogP contribution < -0.4 is 4.74 Å². The third kappa shape index (κ3) is 3.72. The largest absolute Gasteiger partial charge is 0.467 e. The van der Waals surface area contributed by atoms with Crippen LogP contribution in [0.1, 0.15) is 37.9 Å². The Morgan fingerprint density at radius 3 is 2.82 bits per heavy atom. The Hall–Kier alpha value is -1.06. The van der Waals surface area contributed by atoms with Crippen molar-refractivity contribution < 1.29 is 14.6 Å². The van der Waals surface area contributed by atoms with E-state index in [0.717, 1.165) is 23.8 Å². The summed E-state index contributed by atoms with van der Waals surface area (Å²) in [7, 11) is 0. The molecule has 2 rings (SSSR count). The normalized spacial score (nSPS) is 16.8. The molecule has 0 amide bonds. The summed E-state index contributed by atoms with van der Waals surface area (Å²) in [5.41, 5.74) is 0.838. The van der Waals surface area contributed by atoms with Gasteiger partial charge in [-0.2, -0.15) is 0 Å². The van der Waals surface area contributed by atoms with Crippen LogP contribution in [0.3, 0.4) is 0 Å². The number of aliphatic hydroxyl groups excluding tert-OH is 1. The minimum absolute atomic E-state index is 0.268. The second-order valence-electron chi connectivity index (χ2n) is 4.54. The first-order chi connectivity index (χ1) is 8.31. The van der Waals surface area contributed by atoms with Crippen LogP contribution in [-0.2, 0) is 4.74 Å². The number of aliphatic hydroxyl groups is 1. The van der Waals surface area contributed by atoms with Crippen molar-refractivity contribution in [2.45, 2.75) is 32.3 Å². The monoisotopic (exact) mass is 236 g/mol. The zero-order valence-electron chi connectivity index (χ0n) is 10.3. The van der Waals surface area contributed by atoms with Gasteiger partial charge in [-0.05, 0) is 31.2 Å². The Bertz CT molecular complexity index is 347. The summed E-state index contributed by atoms with van der Waals surface area (Å²) in [6.07, 6.45) is 2.79. The SMILES string of the molecule is CC[C@@H](O)c1ccccc1OCOCC1CC1. The summed E-state index contributed by atoms with van der Waals surface area (Å²) in [6, 6.07) is 7.58. The van der Waals surface area contributed by atoms with E-state index >= 15 is 0 Å². The van der Waals surface area contributed by atoms with Gasteiger partial charge in [-0.25, -0.2) is 0 Å². The van der Waals surface area contributed by atoms with Crippen LogP contribution in [-0.4, -0.2) is 18.5 Å². The van der Waals surface area contributed by atoms with Crippen molar-refractivity contribution in [1.82, 2.24) is 0 Å². The summed E-state index contributed by atoms with van der Waals surface area (Å²) in [5.74, 6) is 1.47. The Labute approximate surface area is 102 Å². The van der Waals surface area contributed by atoms with E-state index < -0.39 is 6.10 Å². The molecule has 1 fully saturated rings. The molecule has 3 heteroatoms. The summed E-state index contributed by atoms with van der Waals surface area (Å²) < 4.78 is 11.0. The van der Waals surface area contributed by atoms with Crippen molar-refractivity contribution in [2.24, 2.45) is 5.92 Å². The molecule has 94 valence electrons. The van der Waals surface area contributed by atoms with Gasteiger partial charge in [-0.15, -0.1) is 0 Å². The van der Waals surface area contributed by atoms with Crippen molar-refractivity contribution in [3.05, 3.63) is 29.8 Å².